The van der Waals surface area contributed by atoms with Crippen molar-refractivity contribution in [2.45, 2.75) is 76.9 Å². The lowest BCUT2D eigenvalue weighted by molar-refractivity contribution is -0.136. The van der Waals surface area contributed by atoms with E-state index in [9.17, 15) is 28.8 Å². The molecule has 1 unspecified atom stereocenters. The van der Waals surface area contributed by atoms with Crippen LogP contribution in [0.4, 0.5) is 23.1 Å². The Morgan fingerprint density at radius 1 is 0.921 bits per heavy atom. The minimum Gasteiger partial charge on any atom is -0.478 e. The number of rotatable bonds is 10. The minimum absolute atomic E-state index is 0.0870. The highest BCUT2D eigenvalue weighted by atomic mass is 35.5. The fourth-order valence-electron chi connectivity index (χ4n) is 9.98. The Morgan fingerprint density at radius 2 is 1.67 bits per heavy atom. The van der Waals surface area contributed by atoms with Crippen LogP contribution in [0, 0.1) is 5.41 Å². The monoisotopic (exact) mass is 878 g/mol. The van der Waals surface area contributed by atoms with E-state index in [2.05, 4.69) is 35.6 Å². The van der Waals surface area contributed by atoms with E-state index in [0.29, 0.717) is 39.6 Å². The maximum Gasteiger partial charge on any atom is 0.293 e. The van der Waals surface area contributed by atoms with Crippen LogP contribution in [0.1, 0.15) is 85.6 Å². The molecule has 63 heavy (non-hydrogen) atoms. The normalized spacial score (nSPS) is 20.5. The number of hydrogen-bond donors (Lipinski definition) is 3. The summed E-state index contributed by atoms with van der Waals surface area (Å²) in [6, 6.07) is 12.0. The van der Waals surface area contributed by atoms with E-state index in [-0.39, 0.29) is 48.1 Å². The van der Waals surface area contributed by atoms with Gasteiger partial charge in [-0.3, -0.25) is 39.0 Å². The van der Waals surface area contributed by atoms with Gasteiger partial charge in [-0.15, -0.1) is 0 Å². The average molecular weight is 879 g/mol. The van der Waals surface area contributed by atoms with Crippen molar-refractivity contribution in [2.75, 3.05) is 68.0 Å². The number of nitrogens with zero attached hydrogens (tertiary/aromatic N) is 7. The summed E-state index contributed by atoms with van der Waals surface area (Å²) in [5.74, 6) is -1.15. The molecule has 2 aromatic heterocycles. The Kier molecular flexibility index (Phi) is 11.3. The fourth-order valence-corrected chi connectivity index (χ4v) is 10.1. The topological polar surface area (TPSA) is 191 Å². The number of benzene rings is 2. The van der Waals surface area contributed by atoms with E-state index < -0.39 is 29.7 Å². The molecule has 5 amide bonds. The van der Waals surface area contributed by atoms with Gasteiger partial charge in [-0.25, -0.2) is 4.98 Å². The molecule has 1 spiro atoms. The number of ether oxygens (including phenoxy) is 1. The predicted octanol–water partition coefficient (Wildman–Crippen LogP) is 4.26. The SMILES string of the molecule is CNC(=O)COc1cc2cc(Nc3nc(N4CCC(N5CCC6(CCN(c7ccc8c(c7)C(=O)N(C7CCC(=O)NC7=O)C8=O)C6)CC5)CC4)ncc3Cl)ccc2n(C(C)C)c1=O. The number of halogens is 1. The van der Waals surface area contributed by atoms with Crippen molar-refractivity contribution < 1.29 is 28.7 Å². The molecular formula is C45H51ClN10O7. The predicted molar refractivity (Wildman–Crippen MR) is 237 cm³/mol. The number of carbonyl (C=O) groups is 5. The van der Waals surface area contributed by atoms with E-state index in [1.807, 2.05) is 38.1 Å². The number of aromatic nitrogens is 3. The Morgan fingerprint density at radius 3 is 2.40 bits per heavy atom. The Balaban J connectivity index is 0.798. The van der Waals surface area contributed by atoms with Crippen LogP contribution in [-0.2, 0) is 14.4 Å². The molecule has 4 saturated heterocycles. The lowest BCUT2D eigenvalue weighted by Gasteiger charge is -2.45. The van der Waals surface area contributed by atoms with Crippen LogP contribution in [0.2, 0.25) is 5.02 Å². The third-order valence-electron chi connectivity index (χ3n) is 13.5. The van der Waals surface area contributed by atoms with Crippen molar-refractivity contribution in [2.24, 2.45) is 5.41 Å². The molecule has 18 heteroatoms. The Hall–Kier alpha value is -6.07. The summed E-state index contributed by atoms with van der Waals surface area (Å²) in [5.41, 5.74) is 2.83. The largest absolute Gasteiger partial charge is 0.478 e. The quantitative estimate of drug-likeness (QED) is 0.192. The van der Waals surface area contributed by atoms with Crippen molar-refractivity contribution in [1.82, 2.24) is 35.0 Å². The number of amides is 5. The summed E-state index contributed by atoms with van der Waals surface area (Å²) in [7, 11) is 1.51. The van der Waals surface area contributed by atoms with Crippen molar-refractivity contribution in [3.05, 3.63) is 75.2 Å². The lowest BCUT2D eigenvalue weighted by atomic mass is 9.77. The van der Waals surface area contributed by atoms with Crippen molar-refractivity contribution in [1.29, 1.82) is 0 Å². The number of pyridine rings is 1. The van der Waals surface area contributed by atoms with Crippen LogP contribution in [0.5, 0.6) is 5.75 Å². The molecule has 9 rings (SSSR count). The molecular weight excluding hydrogens is 828 g/mol. The second-order valence-electron chi connectivity index (χ2n) is 17.6. The number of imide groups is 2. The molecule has 4 aromatic rings. The summed E-state index contributed by atoms with van der Waals surface area (Å²) in [6.45, 7) is 8.98. The second-order valence-corrected chi connectivity index (χ2v) is 18.0. The molecule has 17 nitrogen and oxygen atoms in total. The third kappa shape index (κ3) is 8.08. The molecule has 0 saturated carbocycles. The summed E-state index contributed by atoms with van der Waals surface area (Å²) in [4.78, 5) is 93.7. The lowest BCUT2D eigenvalue weighted by Crippen LogP contribution is -2.54. The van der Waals surface area contributed by atoms with Crippen LogP contribution >= 0.6 is 11.6 Å². The second kappa shape index (κ2) is 16.9. The standard InChI is InChI=1S/C45H51ClN10O7/c1-26(2)55-34-7-4-28(20-27(34)21-36(43(55)62)63-24-38(58)47-3)49-39-33(46)23-48-44(51-39)53-15-10-29(11-16-53)52-17-12-45(13-18-52)14-19-54(25-45)30-5-6-31-32(22-30)42(61)56(41(31)60)35-8-9-37(57)50-40(35)59/h4-7,20-23,26,29,35H,8-19,24-25H2,1-3H3,(H,47,58)(H,48,49,51)(H,50,57,59). The smallest absolute Gasteiger partial charge is 0.293 e. The molecule has 3 N–H and O–H groups in total. The summed E-state index contributed by atoms with van der Waals surface area (Å²) in [6.07, 6.45) is 7.03. The molecule has 330 valence electrons. The van der Waals surface area contributed by atoms with Crippen LogP contribution in [0.15, 0.2) is 53.5 Å². The highest BCUT2D eigenvalue weighted by molar-refractivity contribution is 6.33. The maximum absolute atomic E-state index is 13.5. The zero-order chi connectivity index (χ0) is 44.2. The number of fused-ring (bicyclic) bond motifs is 2. The number of likely N-dealkylation sites (tertiary alicyclic amines) is 1. The van der Waals surface area contributed by atoms with Crippen LogP contribution in [-0.4, -0.2) is 119 Å². The fraction of sp³-hybridized carbons (Fsp3) is 0.467. The van der Waals surface area contributed by atoms with Crippen molar-refractivity contribution in [3.63, 3.8) is 0 Å². The Bertz CT molecular complexity index is 2580. The summed E-state index contributed by atoms with van der Waals surface area (Å²) in [5, 5.41) is 9.23. The van der Waals surface area contributed by atoms with Gasteiger partial charge in [0.25, 0.3) is 23.3 Å². The van der Waals surface area contributed by atoms with Crippen LogP contribution in [0.25, 0.3) is 10.9 Å². The summed E-state index contributed by atoms with van der Waals surface area (Å²) < 4.78 is 7.27. The van der Waals surface area contributed by atoms with E-state index in [0.717, 1.165) is 92.9 Å². The molecule has 2 aromatic carbocycles. The number of likely N-dealkylation sites (N-methyl/N-ethyl adjacent to an activating group) is 1. The van der Waals surface area contributed by atoms with E-state index in [1.165, 1.54) is 7.05 Å². The van der Waals surface area contributed by atoms with Gasteiger partial charge >= 0.3 is 0 Å². The van der Waals surface area contributed by atoms with Crippen molar-refractivity contribution >= 4 is 75.2 Å². The third-order valence-corrected chi connectivity index (χ3v) is 13.8. The highest BCUT2D eigenvalue weighted by Crippen LogP contribution is 2.44. The molecule has 0 radical (unpaired) electrons. The molecule has 1 atom stereocenters. The van der Waals surface area contributed by atoms with Gasteiger partial charge in [0.1, 0.15) is 11.1 Å². The van der Waals surface area contributed by atoms with Gasteiger partial charge < -0.3 is 34.6 Å². The molecule has 0 aliphatic carbocycles. The first-order valence-corrected chi connectivity index (χ1v) is 22.1. The highest BCUT2D eigenvalue weighted by Gasteiger charge is 2.46. The number of piperidine rings is 3. The first-order chi connectivity index (χ1) is 30.3. The first-order valence-electron chi connectivity index (χ1n) is 21.7. The van der Waals surface area contributed by atoms with E-state index in [1.54, 1.807) is 29.0 Å². The first kappa shape index (κ1) is 42.2. The molecule has 7 heterocycles. The van der Waals surface area contributed by atoms with Crippen LogP contribution in [0.3, 0.4) is 0 Å². The number of anilines is 4. The maximum atomic E-state index is 13.5. The minimum atomic E-state index is -0.981. The van der Waals surface area contributed by atoms with Gasteiger partial charge in [0, 0.05) is 68.5 Å². The summed E-state index contributed by atoms with van der Waals surface area (Å²) >= 11 is 6.63. The zero-order valence-electron chi connectivity index (χ0n) is 35.6. The number of nitrogens with one attached hydrogen (secondary N) is 3. The molecule has 5 aliphatic rings. The van der Waals surface area contributed by atoms with Gasteiger partial charge in [-0.1, -0.05) is 11.6 Å². The number of carbonyl (C=O) groups excluding carboxylic acids is 5. The van der Waals surface area contributed by atoms with E-state index in [4.69, 9.17) is 21.3 Å². The molecule has 5 aliphatic heterocycles. The van der Waals surface area contributed by atoms with Gasteiger partial charge in [0.05, 0.1) is 22.8 Å². The zero-order valence-corrected chi connectivity index (χ0v) is 36.4. The van der Waals surface area contributed by atoms with Gasteiger partial charge in [0.2, 0.25) is 17.8 Å². The average Bonchev–Trinajstić information content (AvgIpc) is 3.80. The molecule has 4 fully saturated rings. The van der Waals surface area contributed by atoms with E-state index >= 15 is 0 Å². The van der Waals surface area contributed by atoms with Gasteiger partial charge in [-0.05, 0) is 113 Å². The Labute approximate surface area is 369 Å². The van der Waals surface area contributed by atoms with Crippen LogP contribution < -0.4 is 36.0 Å². The van der Waals surface area contributed by atoms with Gasteiger partial charge in [0.15, 0.2) is 18.2 Å². The van der Waals surface area contributed by atoms with Gasteiger partial charge in [-0.2, -0.15) is 4.98 Å². The number of hydrogen-bond acceptors (Lipinski definition) is 13. The van der Waals surface area contributed by atoms with Crippen molar-refractivity contribution in [3.8, 4) is 5.75 Å². The molecule has 0 bridgehead atoms.